The monoisotopic (exact) mass is 195 g/mol. The van der Waals surface area contributed by atoms with E-state index in [1.165, 1.54) is 12.3 Å². The maximum atomic E-state index is 12.6. The van der Waals surface area contributed by atoms with Crippen LogP contribution in [-0.4, -0.2) is 16.2 Å². The van der Waals surface area contributed by atoms with E-state index >= 15 is 0 Å². The number of pyridine rings is 1. The molecule has 14 heavy (non-hydrogen) atoms. The van der Waals surface area contributed by atoms with Crippen molar-refractivity contribution in [1.29, 1.82) is 0 Å². The van der Waals surface area contributed by atoms with Crippen LogP contribution >= 0.6 is 0 Å². The molecule has 0 bridgehead atoms. The summed E-state index contributed by atoms with van der Waals surface area (Å²) in [6.45, 7) is 4.02. The zero-order chi connectivity index (χ0) is 10.3. The fourth-order valence-electron chi connectivity index (χ4n) is 2.00. The van der Waals surface area contributed by atoms with Crippen LogP contribution in [0.5, 0.6) is 0 Å². The van der Waals surface area contributed by atoms with Crippen LogP contribution in [0.15, 0.2) is 18.3 Å². The fraction of sp³-hybridized carbons (Fsp3) is 0.545. The van der Waals surface area contributed by atoms with Crippen molar-refractivity contribution >= 4 is 0 Å². The first kappa shape index (κ1) is 9.59. The maximum absolute atomic E-state index is 12.6. The molecule has 0 radical (unpaired) electrons. The normalized spacial score (nSPS) is 29.7. The highest BCUT2D eigenvalue weighted by Gasteiger charge is 2.48. The summed E-state index contributed by atoms with van der Waals surface area (Å²) < 4.78 is 12.6. The van der Waals surface area contributed by atoms with E-state index in [1.807, 2.05) is 13.8 Å². The number of halogens is 1. The van der Waals surface area contributed by atoms with Gasteiger partial charge in [-0.05, 0) is 24.0 Å². The molecule has 1 aromatic rings. The molecule has 2 nitrogen and oxygen atoms in total. The standard InChI is InChI=1S/C11H14FNO/c1-11(2)8(5-10(11)14)9-4-3-7(12)6-13-9/h3-4,6,8,10,14H,5H2,1-2H3. The van der Waals surface area contributed by atoms with Crippen molar-refractivity contribution in [2.45, 2.75) is 32.3 Å². The Bertz CT molecular complexity index is 334. The van der Waals surface area contributed by atoms with E-state index in [-0.39, 0.29) is 23.3 Å². The first-order chi connectivity index (χ1) is 6.51. The van der Waals surface area contributed by atoms with E-state index in [0.29, 0.717) is 0 Å². The topological polar surface area (TPSA) is 33.1 Å². The number of aliphatic hydroxyl groups excluding tert-OH is 1. The van der Waals surface area contributed by atoms with E-state index in [1.54, 1.807) is 6.07 Å². The smallest absolute Gasteiger partial charge is 0.141 e. The average molecular weight is 195 g/mol. The van der Waals surface area contributed by atoms with Crippen LogP contribution in [0, 0.1) is 11.2 Å². The number of hydrogen-bond acceptors (Lipinski definition) is 2. The van der Waals surface area contributed by atoms with Gasteiger partial charge in [0, 0.05) is 11.6 Å². The molecular weight excluding hydrogens is 181 g/mol. The molecule has 1 aromatic heterocycles. The maximum Gasteiger partial charge on any atom is 0.141 e. The van der Waals surface area contributed by atoms with Gasteiger partial charge in [-0.2, -0.15) is 0 Å². The third-order valence-electron chi connectivity index (χ3n) is 3.32. The summed E-state index contributed by atoms with van der Waals surface area (Å²) in [7, 11) is 0. The minimum atomic E-state index is -0.313. The van der Waals surface area contributed by atoms with Gasteiger partial charge in [-0.25, -0.2) is 4.39 Å². The minimum absolute atomic E-state index is 0.134. The predicted molar refractivity (Wildman–Crippen MR) is 51.3 cm³/mol. The van der Waals surface area contributed by atoms with Gasteiger partial charge < -0.3 is 5.11 Å². The van der Waals surface area contributed by atoms with E-state index < -0.39 is 0 Å². The van der Waals surface area contributed by atoms with Gasteiger partial charge >= 0.3 is 0 Å². The second-order valence-electron chi connectivity index (χ2n) is 4.53. The Morgan fingerprint density at radius 2 is 2.21 bits per heavy atom. The lowest BCUT2D eigenvalue weighted by Crippen LogP contribution is -2.47. The van der Waals surface area contributed by atoms with Crippen molar-refractivity contribution in [3.63, 3.8) is 0 Å². The highest BCUT2D eigenvalue weighted by molar-refractivity contribution is 5.19. The molecule has 2 rings (SSSR count). The van der Waals surface area contributed by atoms with Crippen molar-refractivity contribution in [1.82, 2.24) is 4.98 Å². The van der Waals surface area contributed by atoms with Gasteiger partial charge in [0.2, 0.25) is 0 Å². The second kappa shape index (κ2) is 3.02. The highest BCUT2D eigenvalue weighted by Crippen LogP contribution is 2.51. The number of aliphatic hydroxyl groups is 1. The van der Waals surface area contributed by atoms with Gasteiger partial charge in [-0.1, -0.05) is 13.8 Å². The first-order valence-corrected chi connectivity index (χ1v) is 4.81. The summed E-state index contributed by atoms with van der Waals surface area (Å²) in [5.41, 5.74) is 0.742. The van der Waals surface area contributed by atoms with E-state index in [9.17, 15) is 9.50 Å². The zero-order valence-electron chi connectivity index (χ0n) is 8.37. The molecule has 3 heteroatoms. The molecule has 1 N–H and O–H groups in total. The van der Waals surface area contributed by atoms with Crippen LogP contribution in [0.25, 0.3) is 0 Å². The van der Waals surface area contributed by atoms with Gasteiger partial charge in [0.15, 0.2) is 0 Å². The van der Waals surface area contributed by atoms with Crippen LogP contribution in [-0.2, 0) is 0 Å². The third kappa shape index (κ3) is 1.32. The second-order valence-corrected chi connectivity index (χ2v) is 4.53. The molecule has 2 atom stereocenters. The van der Waals surface area contributed by atoms with Gasteiger partial charge in [0.05, 0.1) is 12.3 Å². The first-order valence-electron chi connectivity index (χ1n) is 4.81. The Morgan fingerprint density at radius 3 is 2.64 bits per heavy atom. The lowest BCUT2D eigenvalue weighted by molar-refractivity contribution is -0.0639. The van der Waals surface area contributed by atoms with Gasteiger partial charge in [0.25, 0.3) is 0 Å². The number of hydrogen-bond donors (Lipinski definition) is 1. The molecule has 1 fully saturated rings. The molecular formula is C11H14FNO. The van der Waals surface area contributed by atoms with Gasteiger partial charge in [-0.15, -0.1) is 0 Å². The highest BCUT2D eigenvalue weighted by atomic mass is 19.1. The Balaban J connectivity index is 2.22. The summed E-state index contributed by atoms with van der Waals surface area (Å²) in [4.78, 5) is 4.04. The van der Waals surface area contributed by atoms with Crippen molar-refractivity contribution in [2.75, 3.05) is 0 Å². The van der Waals surface area contributed by atoms with E-state index in [2.05, 4.69) is 4.98 Å². The van der Waals surface area contributed by atoms with Crippen LogP contribution in [0.3, 0.4) is 0 Å². The quantitative estimate of drug-likeness (QED) is 0.744. The molecule has 1 heterocycles. The third-order valence-corrected chi connectivity index (χ3v) is 3.32. The molecule has 0 aromatic carbocycles. The average Bonchev–Trinajstić information content (AvgIpc) is 2.16. The van der Waals surface area contributed by atoms with Crippen molar-refractivity contribution in [3.05, 3.63) is 29.8 Å². The summed E-state index contributed by atoms with van der Waals surface area (Å²) >= 11 is 0. The Kier molecular flexibility index (Phi) is 2.07. The van der Waals surface area contributed by atoms with Crippen LogP contribution in [0.4, 0.5) is 4.39 Å². The lowest BCUT2D eigenvalue weighted by atomic mass is 9.59. The van der Waals surface area contributed by atoms with Crippen molar-refractivity contribution < 1.29 is 9.50 Å². The number of aromatic nitrogens is 1. The summed E-state index contributed by atoms with van der Waals surface area (Å²) in [5.74, 6) is -0.0653. The predicted octanol–water partition coefficient (Wildman–Crippen LogP) is 2.10. The Morgan fingerprint density at radius 1 is 1.50 bits per heavy atom. The Hall–Kier alpha value is -0.960. The summed E-state index contributed by atoms with van der Waals surface area (Å²) in [6.07, 6.45) is 1.70. The van der Waals surface area contributed by atoms with E-state index in [0.717, 1.165) is 12.1 Å². The molecule has 2 unspecified atom stereocenters. The van der Waals surface area contributed by atoms with Gasteiger partial charge in [0.1, 0.15) is 5.82 Å². The summed E-state index contributed by atoms with van der Waals surface area (Å²) in [5, 5.41) is 9.56. The van der Waals surface area contributed by atoms with E-state index in [4.69, 9.17) is 0 Å². The van der Waals surface area contributed by atoms with Crippen LogP contribution in [0.2, 0.25) is 0 Å². The van der Waals surface area contributed by atoms with Crippen molar-refractivity contribution in [3.8, 4) is 0 Å². The molecule has 1 aliphatic carbocycles. The summed E-state index contributed by atoms with van der Waals surface area (Å²) in [6, 6.07) is 3.12. The molecule has 1 saturated carbocycles. The molecule has 0 saturated heterocycles. The van der Waals surface area contributed by atoms with Crippen LogP contribution in [0.1, 0.15) is 31.9 Å². The van der Waals surface area contributed by atoms with Gasteiger partial charge in [-0.3, -0.25) is 4.98 Å². The minimum Gasteiger partial charge on any atom is -0.393 e. The molecule has 0 spiro atoms. The fourth-order valence-corrected chi connectivity index (χ4v) is 2.00. The zero-order valence-corrected chi connectivity index (χ0v) is 8.37. The largest absolute Gasteiger partial charge is 0.393 e. The lowest BCUT2D eigenvalue weighted by Gasteiger charge is -2.49. The molecule has 0 amide bonds. The number of rotatable bonds is 1. The van der Waals surface area contributed by atoms with Crippen molar-refractivity contribution in [2.24, 2.45) is 5.41 Å². The Labute approximate surface area is 82.8 Å². The molecule has 76 valence electrons. The molecule has 1 aliphatic rings. The number of nitrogens with zero attached hydrogens (tertiary/aromatic N) is 1. The molecule has 0 aliphatic heterocycles. The van der Waals surface area contributed by atoms with Crippen LogP contribution < -0.4 is 0 Å². The SMILES string of the molecule is CC1(C)C(O)CC1c1ccc(F)cn1.